The molecule has 0 aliphatic rings. The van der Waals surface area contributed by atoms with E-state index >= 15 is 0 Å². The van der Waals surface area contributed by atoms with Crippen molar-refractivity contribution in [2.75, 3.05) is 12.4 Å². The fourth-order valence-electron chi connectivity index (χ4n) is 3.00. The van der Waals surface area contributed by atoms with Gasteiger partial charge in [-0.1, -0.05) is 59.8 Å². The van der Waals surface area contributed by atoms with Crippen LogP contribution in [0, 0.1) is 0 Å². The first kappa shape index (κ1) is 21.5. The molecule has 1 heterocycles. The highest BCUT2D eigenvalue weighted by atomic mass is 35.5. The third-order valence-corrected chi connectivity index (χ3v) is 6.11. The number of thioether (sulfide) groups is 1. The summed E-state index contributed by atoms with van der Waals surface area (Å²) in [4.78, 5) is 0. The monoisotopic (exact) mass is 455 g/mol. The maximum absolute atomic E-state index is 10.4. The standard InChI is InChI=1S/C23H22ClN3O3S/c1-27-22(14-29-19-11-9-17(24)10-12-19)25-26-23(27)31-15-18(28)13-30-21-8-4-6-16-5-2-3-7-20(16)21/h2-12,18,28H,13-15H2,1H3/t18-/m0/s1. The lowest BCUT2D eigenvalue weighted by Crippen LogP contribution is -2.20. The quantitative estimate of drug-likeness (QED) is 0.368. The molecule has 1 N–H and O–H groups in total. The van der Waals surface area contributed by atoms with Gasteiger partial charge in [0.15, 0.2) is 11.0 Å². The summed E-state index contributed by atoms with van der Waals surface area (Å²) in [5, 5.41) is 22.3. The second kappa shape index (κ2) is 10.0. The summed E-state index contributed by atoms with van der Waals surface area (Å²) in [6.07, 6.45) is -0.644. The average molecular weight is 456 g/mol. The molecule has 0 radical (unpaired) electrons. The van der Waals surface area contributed by atoms with Crippen molar-refractivity contribution >= 4 is 34.1 Å². The Balaban J connectivity index is 1.28. The van der Waals surface area contributed by atoms with E-state index in [1.54, 1.807) is 24.3 Å². The van der Waals surface area contributed by atoms with Crippen molar-refractivity contribution in [3.63, 3.8) is 0 Å². The van der Waals surface area contributed by atoms with Gasteiger partial charge >= 0.3 is 0 Å². The number of aliphatic hydroxyl groups is 1. The van der Waals surface area contributed by atoms with Crippen LogP contribution in [-0.4, -0.2) is 38.3 Å². The lowest BCUT2D eigenvalue weighted by molar-refractivity contribution is 0.127. The van der Waals surface area contributed by atoms with Crippen molar-refractivity contribution in [3.8, 4) is 11.5 Å². The van der Waals surface area contributed by atoms with E-state index in [1.807, 2.05) is 54.1 Å². The number of hydrogen-bond donors (Lipinski definition) is 1. The maximum Gasteiger partial charge on any atom is 0.191 e. The van der Waals surface area contributed by atoms with Crippen molar-refractivity contribution in [2.24, 2.45) is 7.05 Å². The fraction of sp³-hybridized carbons (Fsp3) is 0.217. The molecule has 0 amide bonds. The van der Waals surface area contributed by atoms with Crippen LogP contribution in [0.15, 0.2) is 71.9 Å². The van der Waals surface area contributed by atoms with Gasteiger partial charge in [-0.25, -0.2) is 0 Å². The summed E-state index contributed by atoms with van der Waals surface area (Å²) in [6.45, 7) is 0.490. The Morgan fingerprint density at radius 2 is 1.77 bits per heavy atom. The van der Waals surface area contributed by atoms with E-state index in [0.29, 0.717) is 34.1 Å². The molecule has 0 fully saturated rings. The largest absolute Gasteiger partial charge is 0.490 e. The number of aliphatic hydroxyl groups excluding tert-OH is 1. The second-order valence-corrected chi connectivity index (χ2v) is 8.38. The molecule has 0 saturated heterocycles. The van der Waals surface area contributed by atoms with Crippen molar-refractivity contribution in [1.82, 2.24) is 14.8 Å². The lowest BCUT2D eigenvalue weighted by atomic mass is 10.1. The molecule has 0 aliphatic carbocycles. The Kier molecular flexibility index (Phi) is 6.96. The van der Waals surface area contributed by atoms with Crippen LogP contribution in [0.3, 0.4) is 0 Å². The van der Waals surface area contributed by atoms with Gasteiger partial charge in [0.05, 0.1) is 6.10 Å². The summed E-state index contributed by atoms with van der Waals surface area (Å²) in [5.41, 5.74) is 0. The van der Waals surface area contributed by atoms with Crippen LogP contribution in [0.5, 0.6) is 11.5 Å². The van der Waals surface area contributed by atoms with E-state index < -0.39 is 6.10 Å². The van der Waals surface area contributed by atoms with Gasteiger partial charge in [0, 0.05) is 23.2 Å². The summed E-state index contributed by atoms with van der Waals surface area (Å²) in [7, 11) is 1.88. The van der Waals surface area contributed by atoms with Crippen LogP contribution in [0.2, 0.25) is 5.02 Å². The van der Waals surface area contributed by atoms with Gasteiger partial charge in [-0.15, -0.1) is 10.2 Å². The van der Waals surface area contributed by atoms with Gasteiger partial charge in [-0.05, 0) is 35.7 Å². The van der Waals surface area contributed by atoms with Crippen LogP contribution < -0.4 is 9.47 Å². The van der Waals surface area contributed by atoms with Gasteiger partial charge in [-0.2, -0.15) is 0 Å². The van der Waals surface area contributed by atoms with Gasteiger partial charge in [0.25, 0.3) is 0 Å². The zero-order chi connectivity index (χ0) is 21.6. The molecule has 31 heavy (non-hydrogen) atoms. The molecule has 0 spiro atoms. The lowest BCUT2D eigenvalue weighted by Gasteiger charge is -2.13. The molecule has 0 unspecified atom stereocenters. The predicted molar refractivity (Wildman–Crippen MR) is 123 cm³/mol. The highest BCUT2D eigenvalue weighted by Gasteiger charge is 2.14. The van der Waals surface area contributed by atoms with Crippen LogP contribution in [0.25, 0.3) is 10.8 Å². The Hall–Kier alpha value is -2.74. The van der Waals surface area contributed by atoms with Crippen molar-refractivity contribution in [1.29, 1.82) is 0 Å². The third kappa shape index (κ3) is 5.50. The summed E-state index contributed by atoms with van der Waals surface area (Å²) >= 11 is 7.31. The fourth-order valence-corrected chi connectivity index (χ4v) is 3.96. The minimum atomic E-state index is -0.644. The van der Waals surface area contributed by atoms with Gasteiger partial charge in [0.2, 0.25) is 0 Å². The minimum absolute atomic E-state index is 0.200. The van der Waals surface area contributed by atoms with Gasteiger partial charge in [0.1, 0.15) is 24.7 Å². The van der Waals surface area contributed by atoms with E-state index in [-0.39, 0.29) is 6.61 Å². The smallest absolute Gasteiger partial charge is 0.191 e. The van der Waals surface area contributed by atoms with E-state index in [4.69, 9.17) is 21.1 Å². The molecular formula is C23H22ClN3O3S. The topological polar surface area (TPSA) is 69.4 Å². The van der Waals surface area contributed by atoms with Crippen molar-refractivity contribution < 1.29 is 14.6 Å². The molecule has 160 valence electrons. The third-order valence-electron chi connectivity index (χ3n) is 4.69. The number of aromatic nitrogens is 3. The number of benzene rings is 3. The number of ether oxygens (including phenoxy) is 2. The zero-order valence-electron chi connectivity index (χ0n) is 16.9. The van der Waals surface area contributed by atoms with E-state index in [0.717, 1.165) is 16.5 Å². The van der Waals surface area contributed by atoms with Crippen LogP contribution in [0.1, 0.15) is 5.82 Å². The average Bonchev–Trinajstić information content (AvgIpc) is 3.15. The minimum Gasteiger partial charge on any atom is -0.490 e. The Morgan fingerprint density at radius 1 is 1.00 bits per heavy atom. The highest BCUT2D eigenvalue weighted by molar-refractivity contribution is 7.99. The maximum atomic E-state index is 10.4. The predicted octanol–water partition coefficient (Wildman–Crippen LogP) is 4.73. The number of fused-ring (bicyclic) bond motifs is 1. The number of rotatable bonds is 9. The van der Waals surface area contributed by atoms with Crippen LogP contribution >= 0.6 is 23.4 Å². The number of halogens is 1. The molecule has 6 nitrogen and oxygen atoms in total. The number of hydrogen-bond acceptors (Lipinski definition) is 6. The SMILES string of the molecule is Cn1c(COc2ccc(Cl)cc2)nnc1SC[C@@H](O)COc1cccc2ccccc12. The summed E-state index contributed by atoms with van der Waals surface area (Å²) in [5.74, 6) is 2.61. The van der Waals surface area contributed by atoms with E-state index in [9.17, 15) is 5.11 Å². The second-order valence-electron chi connectivity index (χ2n) is 6.95. The molecule has 0 bridgehead atoms. The molecule has 0 saturated carbocycles. The molecule has 3 aromatic carbocycles. The van der Waals surface area contributed by atoms with Gasteiger partial charge in [-0.3, -0.25) is 0 Å². The van der Waals surface area contributed by atoms with Crippen molar-refractivity contribution in [2.45, 2.75) is 17.9 Å². The molecule has 4 aromatic rings. The van der Waals surface area contributed by atoms with Crippen LogP contribution in [0.4, 0.5) is 0 Å². The molecule has 4 rings (SSSR count). The highest BCUT2D eigenvalue weighted by Crippen LogP contribution is 2.26. The molecular weight excluding hydrogens is 434 g/mol. The van der Waals surface area contributed by atoms with Gasteiger partial charge < -0.3 is 19.1 Å². The number of nitrogens with zero attached hydrogens (tertiary/aromatic N) is 3. The first-order valence-electron chi connectivity index (χ1n) is 9.78. The first-order valence-corrected chi connectivity index (χ1v) is 11.1. The zero-order valence-corrected chi connectivity index (χ0v) is 18.5. The van der Waals surface area contributed by atoms with Crippen LogP contribution in [-0.2, 0) is 13.7 Å². The normalized spacial score (nSPS) is 12.1. The Labute approximate surface area is 189 Å². The van der Waals surface area contributed by atoms with E-state index in [1.165, 1.54) is 11.8 Å². The van der Waals surface area contributed by atoms with Crippen molar-refractivity contribution in [3.05, 3.63) is 77.6 Å². The Bertz CT molecular complexity index is 1150. The molecule has 1 atom stereocenters. The van der Waals surface area contributed by atoms with E-state index in [2.05, 4.69) is 10.2 Å². The summed E-state index contributed by atoms with van der Waals surface area (Å²) in [6, 6.07) is 21.1. The molecule has 0 aliphatic heterocycles. The molecule has 8 heteroatoms. The molecule has 1 aromatic heterocycles. The Morgan fingerprint density at radius 3 is 2.61 bits per heavy atom. The summed E-state index contributed by atoms with van der Waals surface area (Å²) < 4.78 is 13.5. The first-order chi connectivity index (χ1) is 15.1.